The Morgan fingerprint density at radius 2 is 1.81 bits per heavy atom. The molecule has 8 heteroatoms. The summed E-state index contributed by atoms with van der Waals surface area (Å²) in [6.45, 7) is 3.17. The van der Waals surface area contributed by atoms with E-state index in [2.05, 4.69) is 30.8 Å². The van der Waals surface area contributed by atoms with Crippen molar-refractivity contribution in [3.8, 4) is 0 Å². The minimum absolute atomic E-state index is 0.00821. The Morgan fingerprint density at radius 3 is 2.48 bits per heavy atom. The number of amides is 2. The number of aromatic nitrogens is 2. The molecule has 2 aliphatic rings. The van der Waals surface area contributed by atoms with Crippen LogP contribution in [-0.2, 0) is 9.59 Å². The molecule has 1 unspecified atom stereocenters. The maximum atomic E-state index is 12.9. The van der Waals surface area contributed by atoms with Crippen molar-refractivity contribution in [1.82, 2.24) is 14.9 Å². The molecular formula is C19H20BrN5O2. The highest BCUT2D eigenvalue weighted by Crippen LogP contribution is 2.28. The molecule has 0 radical (unpaired) electrons. The molecule has 7 nitrogen and oxygen atoms in total. The molecule has 1 atom stereocenters. The van der Waals surface area contributed by atoms with Crippen molar-refractivity contribution in [2.75, 3.05) is 42.5 Å². The lowest BCUT2D eigenvalue weighted by molar-refractivity contribution is -0.136. The highest BCUT2D eigenvalue weighted by Gasteiger charge is 2.38. The van der Waals surface area contributed by atoms with Crippen molar-refractivity contribution in [3.63, 3.8) is 0 Å². The van der Waals surface area contributed by atoms with E-state index in [0.29, 0.717) is 19.6 Å². The van der Waals surface area contributed by atoms with Gasteiger partial charge in [0.05, 0.1) is 12.1 Å². The van der Waals surface area contributed by atoms with Gasteiger partial charge in [0.15, 0.2) is 0 Å². The first-order valence-electron chi connectivity index (χ1n) is 8.97. The van der Waals surface area contributed by atoms with Gasteiger partial charge in [0.25, 0.3) is 0 Å². The second-order valence-electron chi connectivity index (χ2n) is 6.76. The number of benzene rings is 1. The summed E-state index contributed by atoms with van der Waals surface area (Å²) < 4.78 is 0.964. The predicted molar refractivity (Wildman–Crippen MR) is 105 cm³/mol. The Kier molecular flexibility index (Phi) is 5.07. The second-order valence-corrected chi connectivity index (χ2v) is 7.67. The molecule has 4 rings (SSSR count). The van der Waals surface area contributed by atoms with Crippen LogP contribution < -0.4 is 9.80 Å². The lowest BCUT2D eigenvalue weighted by atomic mass is 10.1. The van der Waals surface area contributed by atoms with Gasteiger partial charge in [0.1, 0.15) is 5.82 Å². The van der Waals surface area contributed by atoms with Crippen molar-refractivity contribution in [2.24, 2.45) is 5.92 Å². The van der Waals surface area contributed by atoms with E-state index in [1.165, 1.54) is 0 Å². The molecule has 1 aromatic carbocycles. The zero-order valence-corrected chi connectivity index (χ0v) is 16.4. The number of hydrogen-bond donors (Lipinski definition) is 0. The number of halogens is 1. The Hall–Kier alpha value is -2.48. The van der Waals surface area contributed by atoms with E-state index in [1.54, 1.807) is 23.5 Å². The highest BCUT2D eigenvalue weighted by molar-refractivity contribution is 9.10. The number of carbonyl (C=O) groups is 2. The van der Waals surface area contributed by atoms with Crippen molar-refractivity contribution < 1.29 is 9.59 Å². The second kappa shape index (κ2) is 7.64. The molecule has 0 aliphatic carbocycles. The number of hydrogen-bond acceptors (Lipinski definition) is 5. The summed E-state index contributed by atoms with van der Waals surface area (Å²) in [6.07, 6.45) is 5.34. The molecule has 2 saturated heterocycles. The fourth-order valence-electron chi connectivity index (χ4n) is 3.61. The summed E-state index contributed by atoms with van der Waals surface area (Å²) in [4.78, 5) is 39.5. The van der Waals surface area contributed by atoms with Crippen LogP contribution in [0.2, 0.25) is 0 Å². The summed E-state index contributed by atoms with van der Waals surface area (Å²) in [7, 11) is 0. The Bertz CT molecular complexity index is 822. The van der Waals surface area contributed by atoms with Crippen molar-refractivity contribution in [2.45, 2.75) is 6.42 Å². The van der Waals surface area contributed by atoms with Crippen LogP contribution >= 0.6 is 15.9 Å². The molecule has 0 bridgehead atoms. The molecule has 2 fully saturated rings. The molecule has 3 heterocycles. The van der Waals surface area contributed by atoms with Crippen LogP contribution in [0.15, 0.2) is 47.3 Å². The molecule has 27 heavy (non-hydrogen) atoms. The van der Waals surface area contributed by atoms with E-state index in [0.717, 1.165) is 29.1 Å². The molecule has 2 aromatic rings. The topological polar surface area (TPSA) is 69.6 Å². The summed E-state index contributed by atoms with van der Waals surface area (Å²) in [5, 5.41) is 0. The van der Waals surface area contributed by atoms with Gasteiger partial charge in [-0.2, -0.15) is 0 Å². The van der Waals surface area contributed by atoms with Gasteiger partial charge < -0.3 is 14.7 Å². The van der Waals surface area contributed by atoms with Gasteiger partial charge in [0, 0.05) is 61.7 Å². The van der Waals surface area contributed by atoms with Crippen molar-refractivity contribution >= 4 is 39.2 Å². The monoisotopic (exact) mass is 429 g/mol. The first-order chi connectivity index (χ1) is 13.1. The Balaban J connectivity index is 1.36. The third-order valence-electron chi connectivity index (χ3n) is 5.08. The smallest absolute Gasteiger partial charge is 0.228 e. The average Bonchev–Trinajstić information content (AvgIpc) is 3.10. The zero-order chi connectivity index (χ0) is 18.8. The highest BCUT2D eigenvalue weighted by atomic mass is 79.9. The van der Waals surface area contributed by atoms with Crippen LogP contribution in [0.5, 0.6) is 0 Å². The first-order valence-corrected chi connectivity index (χ1v) is 9.77. The number of piperazine rings is 1. The molecule has 2 amide bonds. The van der Waals surface area contributed by atoms with Gasteiger partial charge in [-0.1, -0.05) is 15.9 Å². The Morgan fingerprint density at radius 1 is 1.07 bits per heavy atom. The van der Waals surface area contributed by atoms with Crippen LogP contribution in [0.3, 0.4) is 0 Å². The largest absolute Gasteiger partial charge is 0.352 e. The van der Waals surface area contributed by atoms with Crippen LogP contribution in [0.25, 0.3) is 0 Å². The Labute approximate surface area is 166 Å². The lowest BCUT2D eigenvalue weighted by Crippen LogP contribution is -2.51. The molecule has 140 valence electrons. The average molecular weight is 430 g/mol. The van der Waals surface area contributed by atoms with Gasteiger partial charge >= 0.3 is 0 Å². The number of anilines is 2. The van der Waals surface area contributed by atoms with E-state index in [-0.39, 0.29) is 24.2 Å². The molecule has 0 spiro atoms. The fraction of sp³-hybridized carbons (Fsp3) is 0.368. The third-order valence-corrected chi connectivity index (χ3v) is 5.61. The quantitative estimate of drug-likeness (QED) is 0.745. The molecular weight excluding hydrogens is 410 g/mol. The maximum absolute atomic E-state index is 12.9. The van der Waals surface area contributed by atoms with E-state index in [4.69, 9.17) is 0 Å². The number of rotatable bonds is 3. The third kappa shape index (κ3) is 3.80. The maximum Gasteiger partial charge on any atom is 0.228 e. The van der Waals surface area contributed by atoms with Crippen LogP contribution in [0, 0.1) is 5.92 Å². The number of nitrogens with zero attached hydrogens (tertiary/aromatic N) is 5. The molecule has 2 aliphatic heterocycles. The SMILES string of the molecule is O=C(C1CC(=O)N(c2ccc(Br)cc2)C1)N1CCN(c2cnccn2)CC1. The summed E-state index contributed by atoms with van der Waals surface area (Å²) in [6, 6.07) is 7.61. The molecule has 1 aromatic heterocycles. The number of carbonyl (C=O) groups excluding carboxylic acids is 2. The van der Waals surface area contributed by atoms with E-state index in [1.807, 2.05) is 29.2 Å². The van der Waals surface area contributed by atoms with Crippen LogP contribution in [-0.4, -0.2) is 59.4 Å². The van der Waals surface area contributed by atoms with Gasteiger partial charge in [-0.3, -0.25) is 14.6 Å². The van der Waals surface area contributed by atoms with Gasteiger partial charge in [0.2, 0.25) is 11.8 Å². The predicted octanol–water partition coefficient (Wildman–Crippen LogP) is 1.94. The van der Waals surface area contributed by atoms with Crippen molar-refractivity contribution in [3.05, 3.63) is 47.3 Å². The zero-order valence-electron chi connectivity index (χ0n) is 14.8. The van der Waals surface area contributed by atoms with Crippen molar-refractivity contribution in [1.29, 1.82) is 0 Å². The standard InChI is InChI=1S/C19H20BrN5O2/c20-15-1-3-16(4-2-15)25-13-14(11-18(25)26)19(27)24-9-7-23(8-10-24)17-12-21-5-6-22-17/h1-6,12,14H,7-11,13H2. The van der Waals surface area contributed by atoms with Gasteiger partial charge in [-0.15, -0.1) is 0 Å². The lowest BCUT2D eigenvalue weighted by Gasteiger charge is -2.36. The molecule has 0 saturated carbocycles. The summed E-state index contributed by atoms with van der Waals surface area (Å²) >= 11 is 3.40. The minimum Gasteiger partial charge on any atom is -0.352 e. The normalized spacial score (nSPS) is 20.3. The minimum atomic E-state index is -0.274. The van der Waals surface area contributed by atoms with Crippen LogP contribution in [0.1, 0.15) is 6.42 Å². The first kappa shape index (κ1) is 17.9. The fourth-order valence-corrected chi connectivity index (χ4v) is 3.88. The van der Waals surface area contributed by atoms with E-state index in [9.17, 15) is 9.59 Å². The van der Waals surface area contributed by atoms with Crippen LogP contribution in [0.4, 0.5) is 11.5 Å². The summed E-state index contributed by atoms with van der Waals surface area (Å²) in [5.74, 6) is 0.641. The van der Waals surface area contributed by atoms with E-state index >= 15 is 0 Å². The van der Waals surface area contributed by atoms with E-state index < -0.39 is 0 Å². The van der Waals surface area contributed by atoms with Gasteiger partial charge in [-0.05, 0) is 24.3 Å². The van der Waals surface area contributed by atoms with Gasteiger partial charge in [-0.25, -0.2) is 4.98 Å². The summed E-state index contributed by atoms with van der Waals surface area (Å²) in [5.41, 5.74) is 0.839. The molecule has 0 N–H and O–H groups in total.